The minimum absolute atomic E-state index is 0.161. The maximum Gasteiger partial charge on any atom is 0.212 e. The average Bonchev–Trinajstić information content (AvgIpc) is 2.14. The van der Waals surface area contributed by atoms with Gasteiger partial charge >= 0.3 is 0 Å². The van der Waals surface area contributed by atoms with Crippen LogP contribution in [0.4, 0.5) is 0 Å². The molecule has 0 aromatic rings. The summed E-state index contributed by atoms with van der Waals surface area (Å²) in [6.07, 6.45) is 5.53. The van der Waals surface area contributed by atoms with Crippen molar-refractivity contribution in [3.8, 4) is 0 Å². The minimum atomic E-state index is -3.09. The van der Waals surface area contributed by atoms with E-state index in [2.05, 4.69) is 16.3 Å². The first-order valence-electron chi connectivity index (χ1n) is 5.21. The average molecular weight is 252 g/mol. The van der Waals surface area contributed by atoms with Crippen molar-refractivity contribution < 1.29 is 8.42 Å². The van der Waals surface area contributed by atoms with Gasteiger partial charge < -0.3 is 5.32 Å². The lowest BCUT2D eigenvalue weighted by Crippen LogP contribution is -2.46. The third-order valence-electron chi connectivity index (χ3n) is 2.93. The highest BCUT2D eigenvalue weighted by Crippen LogP contribution is 2.42. The Morgan fingerprint density at radius 2 is 2.07 bits per heavy atom. The Labute approximate surface area is 96.6 Å². The van der Waals surface area contributed by atoms with Crippen LogP contribution in [0.15, 0.2) is 0 Å². The molecule has 1 rings (SSSR count). The summed E-state index contributed by atoms with van der Waals surface area (Å²) < 4.78 is 25.9. The fourth-order valence-corrected chi connectivity index (χ4v) is 3.69. The van der Waals surface area contributed by atoms with Crippen LogP contribution < -0.4 is 10.0 Å². The number of hydrogen-bond acceptors (Lipinski definition) is 4. The molecule has 0 atom stereocenters. The quantitative estimate of drug-likeness (QED) is 0.689. The second kappa shape index (κ2) is 5.52. The molecule has 0 radical (unpaired) electrons. The predicted octanol–water partition coefficient (Wildman–Crippen LogP) is 0.411. The fourth-order valence-electron chi connectivity index (χ4n) is 1.57. The van der Waals surface area contributed by atoms with E-state index >= 15 is 0 Å². The van der Waals surface area contributed by atoms with Crippen molar-refractivity contribution >= 4 is 21.8 Å². The van der Waals surface area contributed by atoms with Crippen molar-refractivity contribution in [2.45, 2.75) is 24.0 Å². The van der Waals surface area contributed by atoms with Crippen molar-refractivity contribution in [3.63, 3.8) is 0 Å². The third kappa shape index (κ3) is 3.94. The predicted molar refractivity (Wildman–Crippen MR) is 65.8 cm³/mol. The summed E-state index contributed by atoms with van der Waals surface area (Å²) in [6.45, 7) is 1.09. The lowest BCUT2D eigenvalue weighted by Gasteiger charge is -2.40. The molecule has 2 N–H and O–H groups in total. The van der Waals surface area contributed by atoms with E-state index in [1.54, 1.807) is 18.8 Å². The van der Waals surface area contributed by atoms with Crippen LogP contribution in [0.25, 0.3) is 0 Å². The number of hydrogen-bond donors (Lipinski definition) is 2. The number of nitrogens with one attached hydrogen (secondary N) is 2. The standard InChI is InChI=1S/C9H20N2O2S2/c1-10-6-7-15(12,13)11-8-9(14-2)4-3-5-9/h10-11H,3-8H2,1-2H3. The van der Waals surface area contributed by atoms with Crippen molar-refractivity contribution in [1.29, 1.82) is 0 Å². The molecule has 0 spiro atoms. The number of thioether (sulfide) groups is 1. The van der Waals surface area contributed by atoms with Crippen molar-refractivity contribution in [1.82, 2.24) is 10.0 Å². The van der Waals surface area contributed by atoms with Crippen molar-refractivity contribution in [2.75, 3.05) is 32.1 Å². The zero-order chi connectivity index (χ0) is 11.4. The molecule has 0 heterocycles. The first-order chi connectivity index (χ1) is 7.04. The van der Waals surface area contributed by atoms with Gasteiger partial charge in [0.05, 0.1) is 5.75 Å². The SMILES string of the molecule is CNCCS(=O)(=O)NCC1(SC)CCC1. The van der Waals surface area contributed by atoms with Gasteiger partial charge in [-0.2, -0.15) is 11.8 Å². The Kier molecular flexibility index (Phi) is 4.89. The molecule has 1 aliphatic carbocycles. The highest BCUT2D eigenvalue weighted by atomic mass is 32.2. The molecule has 4 nitrogen and oxygen atoms in total. The van der Waals surface area contributed by atoms with Gasteiger partial charge in [0.2, 0.25) is 10.0 Å². The van der Waals surface area contributed by atoms with Gasteiger partial charge in [0, 0.05) is 17.8 Å². The largest absolute Gasteiger partial charge is 0.319 e. The van der Waals surface area contributed by atoms with Crippen LogP contribution in [0, 0.1) is 0 Å². The van der Waals surface area contributed by atoms with E-state index in [9.17, 15) is 8.42 Å². The van der Waals surface area contributed by atoms with Crippen LogP contribution in [-0.2, 0) is 10.0 Å². The molecule has 0 aromatic carbocycles. The maximum atomic E-state index is 11.5. The Hall–Kier alpha value is 0.220. The van der Waals surface area contributed by atoms with E-state index in [0.29, 0.717) is 13.1 Å². The first-order valence-corrected chi connectivity index (χ1v) is 8.08. The molecule has 0 aliphatic heterocycles. The zero-order valence-corrected chi connectivity index (χ0v) is 11.0. The maximum absolute atomic E-state index is 11.5. The first kappa shape index (κ1) is 13.3. The summed E-state index contributed by atoms with van der Waals surface area (Å²) in [7, 11) is -1.33. The summed E-state index contributed by atoms with van der Waals surface area (Å²) in [4.78, 5) is 0. The summed E-state index contributed by atoms with van der Waals surface area (Å²) >= 11 is 1.78. The molecule has 1 saturated carbocycles. The van der Waals surface area contributed by atoms with Gasteiger partial charge in [0.15, 0.2) is 0 Å². The van der Waals surface area contributed by atoms with E-state index in [1.807, 2.05) is 0 Å². The summed E-state index contributed by atoms with van der Waals surface area (Å²) in [5.41, 5.74) is 0. The van der Waals surface area contributed by atoms with E-state index in [0.717, 1.165) is 12.8 Å². The van der Waals surface area contributed by atoms with Crippen LogP contribution in [0.5, 0.6) is 0 Å². The Morgan fingerprint density at radius 1 is 1.40 bits per heavy atom. The number of rotatable bonds is 7. The summed E-state index contributed by atoms with van der Waals surface area (Å²) in [5, 5.41) is 2.84. The number of sulfonamides is 1. The highest BCUT2D eigenvalue weighted by molar-refractivity contribution is 8.00. The van der Waals surface area contributed by atoms with Crippen LogP contribution >= 0.6 is 11.8 Å². The molecular formula is C9H20N2O2S2. The topological polar surface area (TPSA) is 58.2 Å². The van der Waals surface area contributed by atoms with E-state index in [4.69, 9.17) is 0 Å². The zero-order valence-electron chi connectivity index (χ0n) is 9.38. The van der Waals surface area contributed by atoms with E-state index < -0.39 is 10.0 Å². The molecular weight excluding hydrogens is 232 g/mol. The molecule has 1 fully saturated rings. The lowest BCUT2D eigenvalue weighted by molar-refractivity contribution is 0.362. The van der Waals surface area contributed by atoms with Gasteiger partial charge in [-0.3, -0.25) is 0 Å². The van der Waals surface area contributed by atoms with Crippen LogP contribution in [0.1, 0.15) is 19.3 Å². The molecule has 0 aromatic heterocycles. The Balaban J connectivity index is 2.35. The van der Waals surface area contributed by atoms with E-state index in [-0.39, 0.29) is 10.5 Å². The van der Waals surface area contributed by atoms with Gasteiger partial charge in [-0.15, -0.1) is 0 Å². The Morgan fingerprint density at radius 3 is 2.47 bits per heavy atom. The minimum Gasteiger partial charge on any atom is -0.319 e. The van der Waals surface area contributed by atoms with Crippen molar-refractivity contribution in [3.05, 3.63) is 0 Å². The van der Waals surface area contributed by atoms with Crippen LogP contribution in [0.3, 0.4) is 0 Å². The molecule has 1 aliphatic rings. The normalized spacial score (nSPS) is 19.9. The van der Waals surface area contributed by atoms with Crippen LogP contribution in [-0.4, -0.2) is 45.3 Å². The molecule has 90 valence electrons. The summed E-state index contributed by atoms with van der Waals surface area (Å²) in [6, 6.07) is 0. The van der Waals surface area contributed by atoms with Gasteiger partial charge in [-0.1, -0.05) is 6.42 Å². The van der Waals surface area contributed by atoms with E-state index in [1.165, 1.54) is 6.42 Å². The van der Waals surface area contributed by atoms with Gasteiger partial charge in [0.1, 0.15) is 0 Å². The van der Waals surface area contributed by atoms with Gasteiger partial charge in [-0.25, -0.2) is 13.1 Å². The Bertz CT molecular complexity index is 281. The second-order valence-corrected chi connectivity index (χ2v) is 7.18. The van der Waals surface area contributed by atoms with Crippen LogP contribution in [0.2, 0.25) is 0 Å². The molecule has 0 bridgehead atoms. The smallest absolute Gasteiger partial charge is 0.212 e. The fraction of sp³-hybridized carbons (Fsp3) is 1.00. The van der Waals surface area contributed by atoms with Gasteiger partial charge in [-0.05, 0) is 26.1 Å². The molecule has 0 unspecified atom stereocenters. The second-order valence-electron chi connectivity index (χ2n) is 3.98. The lowest BCUT2D eigenvalue weighted by atomic mass is 9.84. The summed E-state index contributed by atoms with van der Waals surface area (Å²) in [5.74, 6) is 0.161. The third-order valence-corrected chi connectivity index (χ3v) is 5.68. The molecule has 0 saturated heterocycles. The molecule has 6 heteroatoms. The van der Waals surface area contributed by atoms with Crippen molar-refractivity contribution in [2.24, 2.45) is 0 Å². The monoisotopic (exact) mass is 252 g/mol. The van der Waals surface area contributed by atoms with Gasteiger partial charge in [0.25, 0.3) is 0 Å². The molecule has 15 heavy (non-hydrogen) atoms. The molecule has 0 amide bonds. The highest BCUT2D eigenvalue weighted by Gasteiger charge is 2.36.